The van der Waals surface area contributed by atoms with Crippen LogP contribution in [-0.2, 0) is 0 Å². The van der Waals surface area contributed by atoms with E-state index in [9.17, 15) is 0 Å². The first kappa shape index (κ1) is 15.6. The number of nitrogens with two attached hydrogens (primary N) is 1. The summed E-state index contributed by atoms with van der Waals surface area (Å²) < 4.78 is 0. The van der Waals surface area contributed by atoms with Crippen LogP contribution < -0.4 is 10.6 Å². The van der Waals surface area contributed by atoms with Gasteiger partial charge in [0.2, 0.25) is 0 Å². The molecule has 2 aliphatic rings. The lowest BCUT2D eigenvalue weighted by Crippen LogP contribution is -2.51. The highest BCUT2D eigenvalue weighted by atomic mass is 32.1. The lowest BCUT2D eigenvalue weighted by Gasteiger charge is -2.35. The lowest BCUT2D eigenvalue weighted by molar-refractivity contribution is 0.285. The molecule has 0 aromatic carbocycles. The molecule has 0 bridgehead atoms. The standard InChI is InChI=1S/C15H26N6S/c1-2-19(13-3-4-13)7-5-17-14(16)20-8-10-21(11-9-20)15-18-6-12-22-15/h6,12-13H,2-5,7-11H2,1H3,(H2,16,17). The van der Waals surface area contributed by atoms with E-state index in [-0.39, 0.29) is 0 Å². The molecule has 1 aliphatic carbocycles. The van der Waals surface area contributed by atoms with Gasteiger partial charge < -0.3 is 15.5 Å². The smallest absolute Gasteiger partial charge is 0.191 e. The second-order valence-corrected chi connectivity index (χ2v) is 6.76. The van der Waals surface area contributed by atoms with Crippen molar-refractivity contribution in [1.29, 1.82) is 0 Å². The number of piperazine rings is 1. The summed E-state index contributed by atoms with van der Waals surface area (Å²) in [5.41, 5.74) is 6.16. The van der Waals surface area contributed by atoms with Crippen molar-refractivity contribution in [1.82, 2.24) is 14.8 Å². The maximum atomic E-state index is 6.16. The molecular formula is C15H26N6S. The first-order valence-corrected chi connectivity index (χ1v) is 9.09. The van der Waals surface area contributed by atoms with Gasteiger partial charge in [0.1, 0.15) is 0 Å². The first-order chi connectivity index (χ1) is 10.8. The predicted octanol–water partition coefficient (Wildman–Crippen LogP) is 1.06. The number of nitrogens with zero attached hydrogens (tertiary/aromatic N) is 5. The van der Waals surface area contributed by atoms with Gasteiger partial charge in [-0.3, -0.25) is 9.89 Å². The molecule has 1 saturated heterocycles. The minimum absolute atomic E-state index is 0.700. The molecule has 1 aliphatic heterocycles. The molecule has 122 valence electrons. The summed E-state index contributed by atoms with van der Waals surface area (Å²) in [5, 5.41) is 3.13. The van der Waals surface area contributed by atoms with Crippen molar-refractivity contribution >= 4 is 22.4 Å². The van der Waals surface area contributed by atoms with E-state index in [4.69, 9.17) is 5.73 Å². The molecule has 7 heteroatoms. The Morgan fingerprint density at radius 1 is 1.41 bits per heavy atom. The van der Waals surface area contributed by atoms with Crippen molar-refractivity contribution in [2.75, 3.05) is 50.7 Å². The van der Waals surface area contributed by atoms with Crippen LogP contribution in [0.3, 0.4) is 0 Å². The fourth-order valence-corrected chi connectivity index (χ4v) is 3.63. The minimum atomic E-state index is 0.700. The summed E-state index contributed by atoms with van der Waals surface area (Å²) in [4.78, 5) is 16.0. The Morgan fingerprint density at radius 2 is 2.18 bits per heavy atom. The van der Waals surface area contributed by atoms with E-state index in [1.165, 1.54) is 12.8 Å². The zero-order valence-electron chi connectivity index (χ0n) is 13.3. The van der Waals surface area contributed by atoms with Crippen LogP contribution >= 0.6 is 11.3 Å². The third-order valence-electron chi connectivity index (χ3n) is 4.42. The molecule has 2 N–H and O–H groups in total. The van der Waals surface area contributed by atoms with Gasteiger partial charge in [-0.05, 0) is 19.4 Å². The Bertz CT molecular complexity index is 476. The number of thiazole rings is 1. The number of likely N-dealkylation sites (N-methyl/N-ethyl adjacent to an activating group) is 1. The van der Waals surface area contributed by atoms with Crippen molar-refractivity contribution in [3.05, 3.63) is 11.6 Å². The van der Waals surface area contributed by atoms with Gasteiger partial charge in [0, 0.05) is 50.3 Å². The fraction of sp³-hybridized carbons (Fsp3) is 0.733. The summed E-state index contributed by atoms with van der Waals surface area (Å²) >= 11 is 1.70. The van der Waals surface area contributed by atoms with Gasteiger partial charge in [0.05, 0.1) is 6.54 Å². The Kier molecular flexibility index (Phi) is 5.15. The van der Waals surface area contributed by atoms with Crippen LogP contribution in [0, 0.1) is 0 Å². The molecule has 3 rings (SSSR count). The monoisotopic (exact) mass is 322 g/mol. The molecule has 1 aromatic heterocycles. The van der Waals surface area contributed by atoms with Crippen LogP contribution in [0.4, 0.5) is 5.13 Å². The summed E-state index contributed by atoms with van der Waals surface area (Å²) in [7, 11) is 0. The van der Waals surface area contributed by atoms with Gasteiger partial charge in [0.15, 0.2) is 11.1 Å². The van der Waals surface area contributed by atoms with Gasteiger partial charge >= 0.3 is 0 Å². The number of anilines is 1. The van der Waals surface area contributed by atoms with E-state index in [1.54, 1.807) is 11.3 Å². The van der Waals surface area contributed by atoms with Gasteiger partial charge in [-0.25, -0.2) is 4.98 Å². The van der Waals surface area contributed by atoms with Crippen LogP contribution in [0.5, 0.6) is 0 Å². The molecule has 2 heterocycles. The normalized spacial score (nSPS) is 20.0. The summed E-state index contributed by atoms with van der Waals surface area (Å²) in [5.74, 6) is 0.700. The molecule has 0 radical (unpaired) electrons. The Balaban J connectivity index is 1.42. The van der Waals surface area contributed by atoms with Crippen molar-refractivity contribution in [2.24, 2.45) is 10.7 Å². The molecule has 0 spiro atoms. The largest absolute Gasteiger partial charge is 0.370 e. The molecule has 1 saturated carbocycles. The van der Waals surface area contributed by atoms with Crippen molar-refractivity contribution in [2.45, 2.75) is 25.8 Å². The highest BCUT2D eigenvalue weighted by Crippen LogP contribution is 2.26. The first-order valence-electron chi connectivity index (χ1n) is 8.21. The number of aliphatic imine (C=N–C) groups is 1. The average Bonchev–Trinajstić information content (AvgIpc) is 3.24. The molecule has 0 unspecified atom stereocenters. The van der Waals surface area contributed by atoms with E-state index in [1.807, 2.05) is 11.6 Å². The number of hydrogen-bond donors (Lipinski definition) is 1. The maximum absolute atomic E-state index is 6.16. The molecule has 0 amide bonds. The van der Waals surface area contributed by atoms with Crippen molar-refractivity contribution in [3.63, 3.8) is 0 Å². The molecule has 0 atom stereocenters. The molecule has 1 aromatic rings. The number of rotatable bonds is 6. The third kappa shape index (κ3) is 3.89. The van der Waals surface area contributed by atoms with Crippen LogP contribution in [0.2, 0.25) is 0 Å². The van der Waals surface area contributed by atoms with Crippen LogP contribution in [-0.4, -0.2) is 72.6 Å². The van der Waals surface area contributed by atoms with Crippen molar-refractivity contribution in [3.8, 4) is 0 Å². The third-order valence-corrected chi connectivity index (χ3v) is 5.26. The van der Waals surface area contributed by atoms with E-state index >= 15 is 0 Å². The topological polar surface area (TPSA) is 61.0 Å². The molecule has 22 heavy (non-hydrogen) atoms. The predicted molar refractivity (Wildman–Crippen MR) is 92.7 cm³/mol. The second kappa shape index (κ2) is 7.28. The maximum Gasteiger partial charge on any atom is 0.191 e. The van der Waals surface area contributed by atoms with Gasteiger partial charge in [-0.15, -0.1) is 11.3 Å². The van der Waals surface area contributed by atoms with E-state index < -0.39 is 0 Å². The highest BCUT2D eigenvalue weighted by molar-refractivity contribution is 7.13. The van der Waals surface area contributed by atoms with E-state index in [0.717, 1.165) is 57.0 Å². The number of aromatic nitrogens is 1. The fourth-order valence-electron chi connectivity index (χ4n) is 2.93. The zero-order chi connectivity index (χ0) is 15.4. The Labute approximate surface area is 136 Å². The zero-order valence-corrected chi connectivity index (χ0v) is 14.1. The molecular weight excluding hydrogens is 296 g/mol. The van der Waals surface area contributed by atoms with Crippen LogP contribution in [0.1, 0.15) is 19.8 Å². The molecule has 6 nitrogen and oxygen atoms in total. The average molecular weight is 322 g/mol. The highest BCUT2D eigenvalue weighted by Gasteiger charge is 2.27. The Hall–Kier alpha value is -1.34. The number of guanidine groups is 1. The molecule has 2 fully saturated rings. The quantitative estimate of drug-likeness (QED) is 0.627. The second-order valence-electron chi connectivity index (χ2n) is 5.89. The van der Waals surface area contributed by atoms with Gasteiger partial charge in [-0.2, -0.15) is 0 Å². The van der Waals surface area contributed by atoms with Crippen molar-refractivity contribution < 1.29 is 0 Å². The van der Waals surface area contributed by atoms with E-state index in [2.05, 4.69) is 31.6 Å². The number of hydrogen-bond acceptors (Lipinski definition) is 5. The summed E-state index contributed by atoms with van der Waals surface area (Å²) in [6, 6.07) is 0.809. The van der Waals surface area contributed by atoms with Gasteiger partial charge in [-0.1, -0.05) is 6.92 Å². The van der Waals surface area contributed by atoms with Gasteiger partial charge in [0.25, 0.3) is 0 Å². The SMILES string of the molecule is CCN(CCN=C(N)N1CCN(c2nccs2)CC1)C1CC1. The van der Waals surface area contributed by atoms with Crippen LogP contribution in [0.15, 0.2) is 16.6 Å². The summed E-state index contributed by atoms with van der Waals surface area (Å²) in [6.45, 7) is 8.96. The minimum Gasteiger partial charge on any atom is -0.370 e. The Morgan fingerprint density at radius 3 is 2.77 bits per heavy atom. The summed E-state index contributed by atoms with van der Waals surface area (Å²) in [6.07, 6.45) is 4.57. The van der Waals surface area contributed by atoms with E-state index in [0.29, 0.717) is 5.96 Å². The lowest BCUT2D eigenvalue weighted by atomic mass is 10.3. The van der Waals surface area contributed by atoms with Crippen LogP contribution in [0.25, 0.3) is 0 Å².